The Balaban J connectivity index is 1.09. The predicted molar refractivity (Wildman–Crippen MR) is 252 cm³/mol. The van der Waals surface area contributed by atoms with E-state index in [1.165, 1.54) is 44.1 Å². The maximum Gasteiger partial charge on any atom is 0.238 e. The number of rotatable bonds is 5. The summed E-state index contributed by atoms with van der Waals surface area (Å²) in [5.41, 5.74) is 16.9. The number of benzene rings is 8. The molecule has 0 fully saturated rings. The Hall–Kier alpha value is -7.89. The van der Waals surface area contributed by atoms with Crippen LogP contribution in [0.4, 0.5) is 17.3 Å². The molecule has 0 radical (unpaired) electrons. The summed E-state index contributed by atoms with van der Waals surface area (Å²) >= 11 is 0. The van der Waals surface area contributed by atoms with Crippen molar-refractivity contribution < 1.29 is 0 Å². The van der Waals surface area contributed by atoms with Crippen molar-refractivity contribution in [1.29, 1.82) is 0 Å². The van der Waals surface area contributed by atoms with Crippen molar-refractivity contribution in [3.63, 3.8) is 0 Å². The van der Waals surface area contributed by atoms with E-state index in [0.29, 0.717) is 17.6 Å². The summed E-state index contributed by atoms with van der Waals surface area (Å²) in [6.07, 6.45) is 4.59. The molecule has 1 aliphatic carbocycles. The SMILES string of the molecule is CC1(C)c2ccccc2-c2c1ccc1c2C=Cc2cc(-c3ccc4c5ccccc5n(-c5ccccc5)c4c3)ccc2N1c1nc(-c2ccccc2)nc(-c2ccccc2)n1. The molecule has 0 saturated carbocycles. The van der Waals surface area contributed by atoms with Gasteiger partial charge in [0.2, 0.25) is 5.95 Å². The Morgan fingerprint density at radius 3 is 1.80 bits per heavy atom. The van der Waals surface area contributed by atoms with Gasteiger partial charge in [0.15, 0.2) is 11.6 Å². The van der Waals surface area contributed by atoms with Crippen LogP contribution in [0.25, 0.3) is 84.7 Å². The zero-order valence-electron chi connectivity index (χ0n) is 33.8. The number of hydrogen-bond donors (Lipinski definition) is 0. The Morgan fingerprint density at radius 2 is 1.05 bits per heavy atom. The van der Waals surface area contributed by atoms with Crippen LogP contribution in [0.2, 0.25) is 0 Å². The summed E-state index contributed by atoms with van der Waals surface area (Å²) in [4.78, 5) is 17.9. The molecule has 12 rings (SSSR count). The molecule has 2 aromatic heterocycles. The molecule has 288 valence electrons. The van der Waals surface area contributed by atoms with Crippen LogP contribution >= 0.6 is 0 Å². The lowest BCUT2D eigenvalue weighted by Gasteiger charge is -2.28. The summed E-state index contributed by atoms with van der Waals surface area (Å²) in [6, 6.07) is 66.8. The quantitative estimate of drug-likeness (QED) is 0.174. The highest BCUT2D eigenvalue weighted by atomic mass is 15.3. The van der Waals surface area contributed by atoms with Gasteiger partial charge in [-0.2, -0.15) is 9.97 Å². The minimum Gasteiger partial charge on any atom is -0.309 e. The van der Waals surface area contributed by atoms with Crippen molar-refractivity contribution in [1.82, 2.24) is 19.5 Å². The number of nitrogens with zero attached hydrogens (tertiary/aromatic N) is 5. The van der Waals surface area contributed by atoms with Gasteiger partial charge in [-0.15, -0.1) is 0 Å². The molecule has 0 saturated heterocycles. The number of fused-ring (bicyclic) bond motifs is 9. The van der Waals surface area contributed by atoms with E-state index in [2.05, 4.69) is 187 Å². The van der Waals surface area contributed by atoms with Crippen molar-refractivity contribution in [2.75, 3.05) is 4.90 Å². The van der Waals surface area contributed by atoms with E-state index >= 15 is 0 Å². The Kier molecular flexibility index (Phi) is 7.81. The summed E-state index contributed by atoms with van der Waals surface area (Å²) in [5, 5.41) is 2.47. The van der Waals surface area contributed by atoms with Gasteiger partial charge in [-0.1, -0.05) is 172 Å². The minimum absolute atomic E-state index is 0.152. The van der Waals surface area contributed by atoms with Crippen molar-refractivity contribution in [3.8, 4) is 50.7 Å². The zero-order valence-corrected chi connectivity index (χ0v) is 33.8. The third-order valence-corrected chi connectivity index (χ3v) is 12.6. The molecule has 0 N–H and O–H groups in total. The molecule has 61 heavy (non-hydrogen) atoms. The average Bonchev–Trinajstić information content (AvgIpc) is 3.70. The lowest BCUT2D eigenvalue weighted by molar-refractivity contribution is 0.660. The van der Waals surface area contributed by atoms with Crippen LogP contribution in [0, 0.1) is 0 Å². The molecule has 0 unspecified atom stereocenters. The van der Waals surface area contributed by atoms with Gasteiger partial charge < -0.3 is 4.57 Å². The first kappa shape index (κ1) is 35.1. The first-order valence-corrected chi connectivity index (χ1v) is 20.9. The van der Waals surface area contributed by atoms with Crippen LogP contribution in [0.3, 0.4) is 0 Å². The molecule has 5 heteroatoms. The minimum atomic E-state index is -0.152. The Morgan fingerprint density at radius 1 is 0.443 bits per heavy atom. The molecule has 0 amide bonds. The molecule has 2 aliphatic rings. The Bertz CT molecular complexity index is 3330. The molecule has 0 atom stereocenters. The van der Waals surface area contributed by atoms with Crippen molar-refractivity contribution >= 4 is 51.3 Å². The van der Waals surface area contributed by atoms with Gasteiger partial charge in [0.1, 0.15) is 0 Å². The van der Waals surface area contributed by atoms with E-state index in [4.69, 9.17) is 15.0 Å². The maximum atomic E-state index is 5.31. The van der Waals surface area contributed by atoms with Crippen molar-refractivity contribution in [2.24, 2.45) is 0 Å². The second-order valence-corrected chi connectivity index (χ2v) is 16.5. The molecule has 0 bridgehead atoms. The van der Waals surface area contributed by atoms with E-state index in [9.17, 15) is 0 Å². The summed E-state index contributed by atoms with van der Waals surface area (Å²) in [5.74, 6) is 1.80. The molecule has 10 aromatic rings. The maximum absolute atomic E-state index is 5.31. The van der Waals surface area contributed by atoms with Gasteiger partial charge in [-0.05, 0) is 81.4 Å². The molecular formula is C56H39N5. The van der Waals surface area contributed by atoms with Crippen molar-refractivity contribution in [2.45, 2.75) is 19.3 Å². The summed E-state index contributed by atoms with van der Waals surface area (Å²) in [6.45, 7) is 4.67. The normalized spacial score (nSPS) is 13.4. The number of para-hydroxylation sites is 2. The van der Waals surface area contributed by atoms with Crippen LogP contribution in [-0.2, 0) is 5.41 Å². The van der Waals surface area contributed by atoms with E-state index in [1.807, 2.05) is 36.4 Å². The highest BCUT2D eigenvalue weighted by molar-refractivity contribution is 6.10. The van der Waals surface area contributed by atoms with Gasteiger partial charge in [0.05, 0.1) is 22.4 Å². The molecule has 8 aromatic carbocycles. The molecule has 5 nitrogen and oxygen atoms in total. The molecule has 1 aliphatic heterocycles. The largest absolute Gasteiger partial charge is 0.309 e. The summed E-state index contributed by atoms with van der Waals surface area (Å²) in [7, 11) is 0. The van der Waals surface area contributed by atoms with Crippen LogP contribution in [-0.4, -0.2) is 19.5 Å². The number of aromatic nitrogens is 4. The number of anilines is 3. The molecule has 3 heterocycles. The molecule has 0 spiro atoms. The standard InChI is InChI=1S/C56H39N5/c1-56(2)46-24-14-12-23-44(46)52-45-30-27-40-34-38(39-26-29-43-42-22-13-15-25-49(42)60(51(43)35-39)41-20-10-5-11-21-41)28-32-48(40)61(50(45)33-31-47(52)56)55-58-53(36-16-6-3-7-17-36)57-54(59-55)37-18-8-4-9-19-37/h3-35H,1-2H3. The third kappa shape index (κ3) is 5.51. The Labute approximate surface area is 354 Å². The lowest BCUT2D eigenvalue weighted by atomic mass is 9.82. The highest BCUT2D eigenvalue weighted by Crippen LogP contribution is 2.54. The van der Waals surface area contributed by atoms with Gasteiger partial charge in [0.25, 0.3) is 0 Å². The van der Waals surface area contributed by atoms with Gasteiger partial charge in [-0.3, -0.25) is 4.90 Å². The average molecular weight is 782 g/mol. The van der Waals surface area contributed by atoms with Gasteiger partial charge in [-0.25, -0.2) is 4.98 Å². The number of hydrogen-bond acceptors (Lipinski definition) is 4. The van der Waals surface area contributed by atoms with E-state index in [-0.39, 0.29) is 5.41 Å². The second-order valence-electron chi connectivity index (χ2n) is 16.5. The molecular weight excluding hydrogens is 743 g/mol. The monoisotopic (exact) mass is 781 g/mol. The predicted octanol–water partition coefficient (Wildman–Crippen LogP) is 14.2. The smallest absolute Gasteiger partial charge is 0.238 e. The van der Waals surface area contributed by atoms with E-state index < -0.39 is 0 Å². The lowest BCUT2D eigenvalue weighted by Crippen LogP contribution is -2.18. The van der Waals surface area contributed by atoms with Crippen molar-refractivity contribution in [3.05, 3.63) is 210 Å². The van der Waals surface area contributed by atoms with Gasteiger partial charge in [0, 0.05) is 38.6 Å². The fraction of sp³-hybridized carbons (Fsp3) is 0.0536. The van der Waals surface area contributed by atoms with Crippen LogP contribution < -0.4 is 4.90 Å². The fourth-order valence-electron chi connectivity index (χ4n) is 9.67. The third-order valence-electron chi connectivity index (χ3n) is 12.6. The topological polar surface area (TPSA) is 46.8 Å². The fourth-order valence-corrected chi connectivity index (χ4v) is 9.67. The van der Waals surface area contributed by atoms with Gasteiger partial charge >= 0.3 is 0 Å². The highest BCUT2D eigenvalue weighted by Gasteiger charge is 2.38. The van der Waals surface area contributed by atoms with Crippen LogP contribution in [0.15, 0.2) is 188 Å². The van der Waals surface area contributed by atoms with E-state index in [1.54, 1.807) is 0 Å². The first-order valence-electron chi connectivity index (χ1n) is 20.9. The van der Waals surface area contributed by atoms with Crippen LogP contribution in [0.5, 0.6) is 0 Å². The summed E-state index contributed by atoms with van der Waals surface area (Å²) < 4.78 is 2.38. The van der Waals surface area contributed by atoms with E-state index in [0.717, 1.165) is 50.4 Å². The zero-order chi connectivity index (χ0) is 40.7. The van der Waals surface area contributed by atoms with Crippen LogP contribution in [0.1, 0.15) is 36.1 Å². The second kappa shape index (κ2) is 13.6. The first-order chi connectivity index (χ1) is 30.0.